The number of hydrogen-bond acceptors (Lipinski definition) is 3. The van der Waals surface area contributed by atoms with Gasteiger partial charge < -0.3 is 9.63 Å². The molecule has 0 saturated heterocycles. The third-order valence-electron chi connectivity index (χ3n) is 2.16. The van der Waals surface area contributed by atoms with Gasteiger partial charge in [-0.1, -0.05) is 28.9 Å². The minimum absolute atomic E-state index is 0.0715. The van der Waals surface area contributed by atoms with Crippen molar-refractivity contribution in [1.29, 1.82) is 0 Å². The molecule has 0 amide bonds. The van der Waals surface area contributed by atoms with Gasteiger partial charge in [0, 0.05) is 10.6 Å². The van der Waals surface area contributed by atoms with Crippen LogP contribution in [-0.2, 0) is 0 Å². The lowest BCUT2D eigenvalue weighted by Crippen LogP contribution is -1.98. The number of carboxylic acid groups (broad SMARTS) is 1. The molecule has 0 fully saturated rings. The molecule has 0 spiro atoms. The number of aryl methyl sites for hydroxylation is 1. The maximum Gasteiger partial charge on any atom is 0.341 e. The molecule has 2 aromatic rings. The van der Waals surface area contributed by atoms with E-state index in [1.807, 2.05) is 0 Å². The van der Waals surface area contributed by atoms with E-state index in [-0.39, 0.29) is 11.3 Å². The monoisotopic (exact) mass is 237 g/mol. The summed E-state index contributed by atoms with van der Waals surface area (Å²) in [7, 11) is 0. The third kappa shape index (κ3) is 1.79. The van der Waals surface area contributed by atoms with Crippen molar-refractivity contribution in [1.82, 2.24) is 5.16 Å². The van der Waals surface area contributed by atoms with Gasteiger partial charge in [-0.05, 0) is 19.1 Å². The summed E-state index contributed by atoms with van der Waals surface area (Å²) in [5.74, 6) is -0.832. The van der Waals surface area contributed by atoms with Gasteiger partial charge in [-0.25, -0.2) is 4.79 Å². The van der Waals surface area contributed by atoms with Crippen LogP contribution in [-0.4, -0.2) is 16.2 Å². The highest BCUT2D eigenvalue weighted by Crippen LogP contribution is 2.27. The van der Waals surface area contributed by atoms with Gasteiger partial charge in [0.15, 0.2) is 5.76 Å². The highest BCUT2D eigenvalue weighted by atomic mass is 35.5. The zero-order valence-electron chi connectivity index (χ0n) is 8.40. The molecule has 1 heterocycles. The van der Waals surface area contributed by atoms with Crippen molar-refractivity contribution >= 4 is 17.6 Å². The Morgan fingerprint density at radius 2 is 2.25 bits per heavy atom. The topological polar surface area (TPSA) is 63.3 Å². The molecule has 0 unspecified atom stereocenters. The summed E-state index contributed by atoms with van der Waals surface area (Å²) in [6, 6.07) is 6.78. The fourth-order valence-electron chi connectivity index (χ4n) is 1.45. The first kappa shape index (κ1) is 10.7. The number of aromatic nitrogens is 1. The SMILES string of the molecule is Cc1noc(-c2cccc(Cl)c2)c1C(=O)O. The summed E-state index contributed by atoms with van der Waals surface area (Å²) in [5.41, 5.74) is 1.02. The van der Waals surface area contributed by atoms with Crippen molar-refractivity contribution in [3.05, 3.63) is 40.5 Å². The molecule has 0 atom stereocenters. The zero-order valence-corrected chi connectivity index (χ0v) is 9.15. The van der Waals surface area contributed by atoms with E-state index in [2.05, 4.69) is 5.16 Å². The molecule has 0 aliphatic carbocycles. The van der Waals surface area contributed by atoms with Crippen molar-refractivity contribution < 1.29 is 14.4 Å². The van der Waals surface area contributed by atoms with E-state index in [1.54, 1.807) is 31.2 Å². The Hall–Kier alpha value is -1.81. The second kappa shape index (κ2) is 3.98. The van der Waals surface area contributed by atoms with Crippen molar-refractivity contribution in [3.63, 3.8) is 0 Å². The zero-order chi connectivity index (χ0) is 11.7. The van der Waals surface area contributed by atoms with Gasteiger partial charge >= 0.3 is 5.97 Å². The summed E-state index contributed by atoms with van der Waals surface area (Å²) in [4.78, 5) is 11.0. The summed E-state index contributed by atoms with van der Waals surface area (Å²) in [6.07, 6.45) is 0. The first-order chi connectivity index (χ1) is 7.59. The van der Waals surface area contributed by atoms with E-state index in [9.17, 15) is 4.79 Å². The molecule has 0 saturated carbocycles. The molecule has 0 radical (unpaired) electrons. The van der Waals surface area contributed by atoms with Crippen molar-refractivity contribution in [2.75, 3.05) is 0 Å². The lowest BCUT2D eigenvalue weighted by atomic mass is 10.1. The number of carboxylic acids is 1. The number of rotatable bonds is 2. The standard InChI is InChI=1S/C11H8ClNO3/c1-6-9(11(14)15)10(16-13-6)7-3-2-4-8(12)5-7/h2-5H,1H3,(H,14,15). The molecule has 0 aliphatic heterocycles. The highest BCUT2D eigenvalue weighted by Gasteiger charge is 2.20. The summed E-state index contributed by atoms with van der Waals surface area (Å²) in [5, 5.41) is 13.2. The van der Waals surface area contributed by atoms with Crippen molar-refractivity contribution in [3.8, 4) is 11.3 Å². The Kier molecular flexibility index (Phi) is 2.66. The number of hydrogen-bond donors (Lipinski definition) is 1. The largest absolute Gasteiger partial charge is 0.477 e. The van der Waals surface area contributed by atoms with Crippen LogP contribution in [0.3, 0.4) is 0 Å². The molecule has 82 valence electrons. The van der Waals surface area contributed by atoms with Crippen LogP contribution in [0.1, 0.15) is 16.1 Å². The van der Waals surface area contributed by atoms with E-state index >= 15 is 0 Å². The van der Waals surface area contributed by atoms with E-state index in [0.29, 0.717) is 16.3 Å². The average molecular weight is 238 g/mol. The minimum atomic E-state index is -1.06. The molecular formula is C11H8ClNO3. The molecule has 2 rings (SSSR count). The fraction of sp³-hybridized carbons (Fsp3) is 0.0909. The molecular weight excluding hydrogens is 230 g/mol. The van der Waals surface area contributed by atoms with Crippen LogP contribution in [0, 0.1) is 6.92 Å². The molecule has 16 heavy (non-hydrogen) atoms. The van der Waals surface area contributed by atoms with E-state index in [1.165, 1.54) is 0 Å². The van der Waals surface area contributed by atoms with E-state index in [0.717, 1.165) is 0 Å². The van der Waals surface area contributed by atoms with E-state index < -0.39 is 5.97 Å². The molecule has 0 bridgehead atoms. The van der Waals surface area contributed by atoms with Gasteiger partial charge in [0.05, 0.1) is 5.69 Å². The number of aromatic carboxylic acids is 1. The maximum atomic E-state index is 11.0. The molecule has 1 N–H and O–H groups in total. The van der Waals surface area contributed by atoms with Crippen LogP contribution in [0.2, 0.25) is 5.02 Å². The minimum Gasteiger partial charge on any atom is -0.477 e. The lowest BCUT2D eigenvalue weighted by Gasteiger charge is -1.98. The second-order valence-corrected chi connectivity index (χ2v) is 3.72. The van der Waals surface area contributed by atoms with Crippen LogP contribution in [0.15, 0.2) is 28.8 Å². The predicted octanol–water partition coefficient (Wildman–Crippen LogP) is 3.00. The Morgan fingerprint density at radius 1 is 1.50 bits per heavy atom. The average Bonchev–Trinajstić information content (AvgIpc) is 2.60. The lowest BCUT2D eigenvalue weighted by molar-refractivity contribution is 0.0696. The van der Waals surface area contributed by atoms with Gasteiger partial charge in [0.2, 0.25) is 0 Å². The van der Waals surface area contributed by atoms with E-state index in [4.69, 9.17) is 21.2 Å². The molecule has 5 heteroatoms. The second-order valence-electron chi connectivity index (χ2n) is 3.29. The molecule has 0 aliphatic rings. The van der Waals surface area contributed by atoms with Gasteiger partial charge in [-0.3, -0.25) is 0 Å². The Labute approximate surface area is 96.4 Å². The Balaban J connectivity index is 2.60. The summed E-state index contributed by atoms with van der Waals surface area (Å²) in [6.45, 7) is 1.58. The van der Waals surface area contributed by atoms with Crippen molar-refractivity contribution in [2.24, 2.45) is 0 Å². The molecule has 4 nitrogen and oxygen atoms in total. The Morgan fingerprint density at radius 3 is 2.88 bits per heavy atom. The smallest absolute Gasteiger partial charge is 0.341 e. The van der Waals surface area contributed by atoms with Gasteiger partial charge in [0.25, 0.3) is 0 Å². The van der Waals surface area contributed by atoms with Crippen LogP contribution in [0.25, 0.3) is 11.3 Å². The number of nitrogens with zero attached hydrogens (tertiary/aromatic N) is 1. The molecule has 1 aromatic heterocycles. The first-order valence-electron chi connectivity index (χ1n) is 4.55. The predicted molar refractivity (Wildman–Crippen MR) is 58.6 cm³/mol. The van der Waals surface area contributed by atoms with Crippen LogP contribution in [0.4, 0.5) is 0 Å². The maximum absolute atomic E-state index is 11.0. The quantitative estimate of drug-likeness (QED) is 0.872. The fourth-order valence-corrected chi connectivity index (χ4v) is 1.64. The number of halogens is 1. The van der Waals surface area contributed by atoms with Gasteiger partial charge in [-0.2, -0.15) is 0 Å². The van der Waals surface area contributed by atoms with Gasteiger partial charge in [-0.15, -0.1) is 0 Å². The van der Waals surface area contributed by atoms with Crippen LogP contribution < -0.4 is 0 Å². The first-order valence-corrected chi connectivity index (χ1v) is 4.93. The number of benzene rings is 1. The summed E-state index contributed by atoms with van der Waals surface area (Å²) >= 11 is 5.82. The molecule has 1 aromatic carbocycles. The van der Waals surface area contributed by atoms with Gasteiger partial charge in [0.1, 0.15) is 5.56 Å². The Bertz CT molecular complexity index is 548. The summed E-state index contributed by atoms with van der Waals surface area (Å²) < 4.78 is 5.01. The normalized spacial score (nSPS) is 10.4. The third-order valence-corrected chi connectivity index (χ3v) is 2.40. The highest BCUT2D eigenvalue weighted by molar-refractivity contribution is 6.30. The number of carbonyl (C=O) groups is 1. The van der Waals surface area contributed by atoms with Crippen molar-refractivity contribution in [2.45, 2.75) is 6.92 Å². The van der Waals surface area contributed by atoms with Crippen LogP contribution >= 0.6 is 11.6 Å². The van der Waals surface area contributed by atoms with Crippen LogP contribution in [0.5, 0.6) is 0 Å².